The predicted octanol–water partition coefficient (Wildman–Crippen LogP) is 3.62. The van der Waals surface area contributed by atoms with E-state index in [4.69, 9.17) is 16.3 Å². The van der Waals surface area contributed by atoms with Crippen LogP contribution in [0.15, 0.2) is 30.3 Å². The molecule has 0 fully saturated rings. The van der Waals surface area contributed by atoms with Crippen molar-refractivity contribution in [1.82, 2.24) is 14.5 Å². The van der Waals surface area contributed by atoms with Crippen molar-refractivity contribution in [2.75, 3.05) is 7.11 Å². The van der Waals surface area contributed by atoms with Crippen molar-refractivity contribution >= 4 is 22.8 Å². The van der Waals surface area contributed by atoms with Gasteiger partial charge in [0.25, 0.3) is 0 Å². The molecule has 0 saturated carbocycles. The van der Waals surface area contributed by atoms with Crippen molar-refractivity contribution in [2.45, 2.75) is 12.8 Å². The van der Waals surface area contributed by atoms with Gasteiger partial charge in [-0.25, -0.2) is 9.37 Å². The quantitative estimate of drug-likeness (QED) is 0.694. The van der Waals surface area contributed by atoms with Crippen LogP contribution in [-0.4, -0.2) is 21.6 Å². The second-order valence-corrected chi connectivity index (χ2v) is 4.87. The molecular weight excluding hydrogens is 293 g/mol. The molecule has 0 N–H and O–H groups in total. The number of ether oxygens (including phenoxy) is 1. The zero-order valence-corrected chi connectivity index (χ0v) is 12.4. The average Bonchev–Trinajstić information content (AvgIpc) is 2.85. The van der Waals surface area contributed by atoms with Crippen LogP contribution < -0.4 is 4.74 Å². The Bertz CT molecular complexity index is 796. The molecule has 0 radical (unpaired) electrons. The first-order valence-corrected chi connectivity index (χ1v) is 6.93. The van der Waals surface area contributed by atoms with E-state index in [-0.39, 0.29) is 11.7 Å². The number of imidazole rings is 1. The van der Waals surface area contributed by atoms with Crippen molar-refractivity contribution in [3.05, 3.63) is 47.5 Å². The maximum absolute atomic E-state index is 14.3. The molecule has 4 nitrogen and oxygen atoms in total. The molecule has 0 atom stereocenters. The minimum atomic E-state index is -0.342. The SMILES string of the molecule is COc1ccc2nc(CCl)n(-c3c(C)cccc3F)c2n1. The van der Waals surface area contributed by atoms with Crippen LogP contribution in [0.1, 0.15) is 11.4 Å². The molecule has 0 amide bonds. The van der Waals surface area contributed by atoms with Gasteiger partial charge in [0.2, 0.25) is 5.88 Å². The van der Waals surface area contributed by atoms with Crippen LogP contribution in [0, 0.1) is 12.7 Å². The van der Waals surface area contributed by atoms with Crippen molar-refractivity contribution < 1.29 is 9.13 Å². The average molecular weight is 306 g/mol. The molecule has 1 aromatic carbocycles. The normalized spacial score (nSPS) is 11.0. The van der Waals surface area contributed by atoms with E-state index >= 15 is 0 Å². The third-order valence-corrected chi connectivity index (χ3v) is 3.53. The lowest BCUT2D eigenvalue weighted by molar-refractivity contribution is 0.399. The van der Waals surface area contributed by atoms with E-state index in [0.717, 1.165) is 5.56 Å². The highest BCUT2D eigenvalue weighted by Crippen LogP contribution is 2.27. The molecule has 2 aromatic heterocycles. The van der Waals surface area contributed by atoms with E-state index < -0.39 is 0 Å². The van der Waals surface area contributed by atoms with Gasteiger partial charge in [0, 0.05) is 6.07 Å². The van der Waals surface area contributed by atoms with Gasteiger partial charge in [0.15, 0.2) is 5.65 Å². The molecular formula is C15H13ClFN3O. The molecule has 108 valence electrons. The third-order valence-electron chi connectivity index (χ3n) is 3.29. The Balaban J connectivity index is 2.39. The topological polar surface area (TPSA) is 39.9 Å². The third kappa shape index (κ3) is 2.23. The van der Waals surface area contributed by atoms with Crippen molar-refractivity contribution in [1.29, 1.82) is 0 Å². The molecule has 0 spiro atoms. The molecule has 0 aliphatic heterocycles. The number of hydrogen-bond acceptors (Lipinski definition) is 3. The largest absolute Gasteiger partial charge is 0.481 e. The van der Waals surface area contributed by atoms with Gasteiger partial charge in [0.1, 0.15) is 17.2 Å². The number of aromatic nitrogens is 3. The number of methoxy groups -OCH3 is 1. The molecule has 0 aliphatic rings. The summed E-state index contributed by atoms with van der Waals surface area (Å²) in [5, 5.41) is 0. The molecule has 0 saturated heterocycles. The first-order valence-electron chi connectivity index (χ1n) is 6.39. The monoisotopic (exact) mass is 305 g/mol. The number of benzene rings is 1. The first-order chi connectivity index (χ1) is 10.2. The highest BCUT2D eigenvalue weighted by atomic mass is 35.5. The molecule has 0 unspecified atom stereocenters. The number of para-hydroxylation sites is 1. The fourth-order valence-electron chi connectivity index (χ4n) is 2.33. The van der Waals surface area contributed by atoms with E-state index in [1.807, 2.05) is 13.0 Å². The molecule has 0 bridgehead atoms. The number of hydrogen-bond donors (Lipinski definition) is 0. The fourth-order valence-corrected chi connectivity index (χ4v) is 2.51. The summed E-state index contributed by atoms with van der Waals surface area (Å²) < 4.78 is 21.1. The number of nitrogens with zero attached hydrogens (tertiary/aromatic N) is 3. The summed E-state index contributed by atoms with van der Waals surface area (Å²) >= 11 is 5.97. The van der Waals surface area contributed by atoms with Crippen LogP contribution in [0.5, 0.6) is 5.88 Å². The molecule has 3 aromatic rings. The van der Waals surface area contributed by atoms with Gasteiger partial charge in [-0.1, -0.05) is 12.1 Å². The lowest BCUT2D eigenvalue weighted by Gasteiger charge is -2.11. The summed E-state index contributed by atoms with van der Waals surface area (Å²) in [6.45, 7) is 1.84. The van der Waals surface area contributed by atoms with Gasteiger partial charge in [-0.05, 0) is 24.6 Å². The molecule has 0 aliphatic carbocycles. The van der Waals surface area contributed by atoms with Crippen molar-refractivity contribution in [3.8, 4) is 11.6 Å². The fraction of sp³-hybridized carbons (Fsp3) is 0.200. The first kappa shape index (κ1) is 13.8. The Labute approximate surface area is 126 Å². The Hall–Kier alpha value is -2.14. The molecule has 2 heterocycles. The number of halogens is 2. The second-order valence-electron chi connectivity index (χ2n) is 4.60. The standard InChI is InChI=1S/C15H13ClFN3O/c1-9-4-3-5-10(17)14(9)20-12(8-16)18-11-6-7-13(21-2)19-15(11)20/h3-7H,8H2,1-2H3. The zero-order chi connectivity index (χ0) is 15.0. The van der Waals surface area contributed by atoms with Crippen LogP contribution >= 0.6 is 11.6 Å². The highest BCUT2D eigenvalue weighted by molar-refractivity contribution is 6.17. The number of alkyl halides is 1. The van der Waals surface area contributed by atoms with Crippen molar-refractivity contribution in [2.24, 2.45) is 0 Å². The van der Waals surface area contributed by atoms with Gasteiger partial charge < -0.3 is 4.74 Å². The van der Waals surface area contributed by atoms with E-state index in [2.05, 4.69) is 9.97 Å². The van der Waals surface area contributed by atoms with Gasteiger partial charge in [-0.15, -0.1) is 11.6 Å². The number of aryl methyl sites for hydroxylation is 1. The van der Waals surface area contributed by atoms with Crippen LogP contribution in [0.4, 0.5) is 4.39 Å². The van der Waals surface area contributed by atoms with Gasteiger partial charge >= 0.3 is 0 Å². The Kier molecular flexibility index (Phi) is 3.51. The van der Waals surface area contributed by atoms with Gasteiger partial charge in [0.05, 0.1) is 18.7 Å². The Morgan fingerprint density at radius 3 is 2.71 bits per heavy atom. The maximum atomic E-state index is 14.3. The smallest absolute Gasteiger partial charge is 0.215 e. The van der Waals surface area contributed by atoms with Crippen molar-refractivity contribution in [3.63, 3.8) is 0 Å². The number of pyridine rings is 1. The lowest BCUT2D eigenvalue weighted by atomic mass is 10.2. The highest BCUT2D eigenvalue weighted by Gasteiger charge is 2.18. The second kappa shape index (κ2) is 5.33. The summed E-state index contributed by atoms with van der Waals surface area (Å²) in [6, 6.07) is 8.41. The summed E-state index contributed by atoms with van der Waals surface area (Å²) in [5.41, 5.74) is 2.37. The summed E-state index contributed by atoms with van der Waals surface area (Å²) in [5.74, 6) is 0.802. The van der Waals surface area contributed by atoms with E-state index in [0.29, 0.717) is 28.6 Å². The van der Waals surface area contributed by atoms with E-state index in [1.165, 1.54) is 13.2 Å². The van der Waals surface area contributed by atoms with Crippen LogP contribution in [0.25, 0.3) is 16.9 Å². The molecule has 6 heteroatoms. The number of rotatable bonds is 3. The summed E-state index contributed by atoms with van der Waals surface area (Å²) in [4.78, 5) is 8.79. The maximum Gasteiger partial charge on any atom is 0.215 e. The Morgan fingerprint density at radius 2 is 2.05 bits per heavy atom. The molecule has 21 heavy (non-hydrogen) atoms. The summed E-state index contributed by atoms with van der Waals surface area (Å²) in [7, 11) is 1.53. The summed E-state index contributed by atoms with van der Waals surface area (Å²) in [6.07, 6.45) is 0. The van der Waals surface area contributed by atoms with E-state index in [9.17, 15) is 4.39 Å². The lowest BCUT2D eigenvalue weighted by Crippen LogP contribution is -2.05. The van der Waals surface area contributed by atoms with Gasteiger partial charge in [-0.2, -0.15) is 4.98 Å². The van der Waals surface area contributed by atoms with Crippen LogP contribution in [0.3, 0.4) is 0 Å². The molecule has 3 rings (SSSR count). The minimum absolute atomic E-state index is 0.159. The van der Waals surface area contributed by atoms with Gasteiger partial charge in [-0.3, -0.25) is 4.57 Å². The van der Waals surface area contributed by atoms with E-state index in [1.54, 1.807) is 22.8 Å². The predicted molar refractivity (Wildman–Crippen MR) is 79.7 cm³/mol. The number of fused-ring (bicyclic) bond motifs is 1. The van der Waals surface area contributed by atoms with Crippen LogP contribution in [-0.2, 0) is 5.88 Å². The minimum Gasteiger partial charge on any atom is -0.481 e. The zero-order valence-electron chi connectivity index (χ0n) is 11.6. The van der Waals surface area contributed by atoms with Crippen LogP contribution in [0.2, 0.25) is 0 Å². The Morgan fingerprint density at radius 1 is 1.24 bits per heavy atom.